The fraction of sp³-hybridized carbons (Fsp3) is 0.625. The molecule has 0 bridgehead atoms. The molecule has 0 aromatic heterocycles. The lowest BCUT2D eigenvalue weighted by Crippen LogP contribution is -2.40. The zero-order chi connectivity index (χ0) is 11.7. The monoisotopic (exact) mass is 216 g/mol. The fourth-order valence-corrected chi connectivity index (χ4v) is 0.826. The van der Waals surface area contributed by atoms with Crippen molar-refractivity contribution in [2.45, 2.75) is 25.1 Å². The third-order valence-electron chi connectivity index (χ3n) is 1.58. The molecule has 0 fully saturated rings. The van der Waals surface area contributed by atoms with Gasteiger partial charge < -0.3 is 26.7 Å². The Morgan fingerprint density at radius 1 is 1.47 bits per heavy atom. The molecule has 0 aliphatic carbocycles. The number of carbonyl (C=O) groups is 2. The van der Waals surface area contributed by atoms with Crippen LogP contribution in [0, 0.1) is 0 Å². The maximum atomic E-state index is 10.1. The molecule has 0 heterocycles. The van der Waals surface area contributed by atoms with Crippen molar-refractivity contribution in [3.8, 4) is 0 Å². The molecule has 0 unspecified atom stereocenters. The number of rotatable bonds is 7. The summed E-state index contributed by atoms with van der Waals surface area (Å²) in [6.07, 6.45) is 0.758. The maximum Gasteiger partial charge on any atom is 0.190 e. The van der Waals surface area contributed by atoms with Crippen LogP contribution in [-0.2, 0) is 9.59 Å². The van der Waals surface area contributed by atoms with Gasteiger partial charge in [-0.3, -0.25) is 9.79 Å². The number of hydrogen-bond acceptors (Lipinski definition) is 5. The molecule has 0 aliphatic rings. The van der Waals surface area contributed by atoms with Crippen molar-refractivity contribution in [1.29, 1.82) is 0 Å². The minimum atomic E-state index is -1.34. The highest BCUT2D eigenvalue weighted by atomic mass is 16.3. The Morgan fingerprint density at radius 2 is 2.13 bits per heavy atom. The van der Waals surface area contributed by atoms with Crippen molar-refractivity contribution in [3.63, 3.8) is 0 Å². The predicted molar refractivity (Wildman–Crippen MR) is 55.0 cm³/mol. The number of nitrogens with zero attached hydrogens (tertiary/aromatic N) is 1. The van der Waals surface area contributed by atoms with Gasteiger partial charge in [-0.25, -0.2) is 0 Å². The molecule has 0 saturated heterocycles. The Balaban J connectivity index is 3.66. The summed E-state index contributed by atoms with van der Waals surface area (Å²) in [6.45, 7) is 0.381. The minimum absolute atomic E-state index is 0.0192. The largest absolute Gasteiger partial charge is 0.370 e. The van der Waals surface area contributed by atoms with Gasteiger partial charge in [-0.05, 0) is 12.8 Å². The summed E-state index contributed by atoms with van der Waals surface area (Å²) in [6, 6.07) is -0.477. The first-order chi connectivity index (χ1) is 7.10. The van der Waals surface area contributed by atoms with Crippen LogP contribution < -0.4 is 16.8 Å². The van der Waals surface area contributed by atoms with Gasteiger partial charge in [0.2, 0.25) is 0 Å². The second kappa shape index (κ2) is 7.89. The number of nitrogens with two attached hydrogens (primary N) is 2. The first-order valence-electron chi connectivity index (χ1n) is 4.51. The number of nitrogens with one attached hydrogen (secondary N) is 1. The fourth-order valence-electron chi connectivity index (χ4n) is 0.826. The van der Waals surface area contributed by atoms with Crippen LogP contribution in [0.25, 0.3) is 0 Å². The molecule has 86 valence electrons. The highest BCUT2D eigenvalue weighted by Crippen LogP contribution is 1.91. The van der Waals surface area contributed by atoms with E-state index in [9.17, 15) is 9.59 Å². The van der Waals surface area contributed by atoms with Gasteiger partial charge in [0.25, 0.3) is 0 Å². The SMILES string of the molecule is NC(=NCCC[C@H](N)C=O)N[C@@H](O)C=O. The summed E-state index contributed by atoms with van der Waals surface area (Å²) < 4.78 is 0. The van der Waals surface area contributed by atoms with E-state index in [0.717, 1.165) is 0 Å². The van der Waals surface area contributed by atoms with Crippen LogP contribution in [0.1, 0.15) is 12.8 Å². The second-order valence-electron chi connectivity index (χ2n) is 2.93. The number of aliphatic hydroxyl groups is 1. The molecule has 0 spiro atoms. The van der Waals surface area contributed by atoms with E-state index in [2.05, 4.69) is 10.3 Å². The van der Waals surface area contributed by atoms with E-state index in [4.69, 9.17) is 16.6 Å². The van der Waals surface area contributed by atoms with Gasteiger partial charge in [-0.1, -0.05) is 0 Å². The number of aliphatic imine (C=N–C) groups is 1. The standard InChI is InChI=1S/C8H16N4O3/c9-6(4-13)2-1-3-11-8(10)12-7(15)5-14/h4-7,15H,1-3,9H2,(H3,10,11,12)/t6-,7-/m0/s1. The van der Waals surface area contributed by atoms with Crippen LogP contribution in [-0.4, -0.2) is 42.5 Å². The predicted octanol–water partition coefficient (Wildman–Crippen LogP) is -2.29. The smallest absolute Gasteiger partial charge is 0.190 e. The Hall–Kier alpha value is -1.47. The van der Waals surface area contributed by atoms with E-state index in [0.29, 0.717) is 32.0 Å². The Kier molecular flexibility index (Phi) is 7.12. The number of carbonyl (C=O) groups excluding carboxylic acids is 2. The molecule has 15 heavy (non-hydrogen) atoms. The van der Waals surface area contributed by atoms with Crippen LogP contribution in [0.2, 0.25) is 0 Å². The molecule has 6 N–H and O–H groups in total. The molecule has 0 saturated carbocycles. The first kappa shape index (κ1) is 13.5. The number of guanidine groups is 1. The summed E-state index contributed by atoms with van der Waals surface area (Å²) >= 11 is 0. The topological polar surface area (TPSA) is 131 Å². The van der Waals surface area contributed by atoms with E-state index >= 15 is 0 Å². The van der Waals surface area contributed by atoms with E-state index in [1.54, 1.807) is 0 Å². The summed E-state index contributed by atoms with van der Waals surface area (Å²) in [5, 5.41) is 11.1. The summed E-state index contributed by atoms with van der Waals surface area (Å²) in [5.74, 6) is -0.0192. The highest BCUT2D eigenvalue weighted by molar-refractivity contribution is 5.80. The third kappa shape index (κ3) is 7.59. The van der Waals surface area contributed by atoms with Crippen LogP contribution in [0.4, 0.5) is 0 Å². The van der Waals surface area contributed by atoms with Gasteiger partial charge in [0.15, 0.2) is 18.5 Å². The molecule has 7 nitrogen and oxygen atoms in total. The average Bonchev–Trinajstić information content (AvgIpc) is 2.23. The van der Waals surface area contributed by atoms with Crippen LogP contribution in [0.3, 0.4) is 0 Å². The number of hydrogen-bond donors (Lipinski definition) is 4. The molecule has 2 atom stereocenters. The zero-order valence-corrected chi connectivity index (χ0v) is 8.30. The van der Waals surface area contributed by atoms with E-state index < -0.39 is 12.3 Å². The minimum Gasteiger partial charge on any atom is -0.370 e. The van der Waals surface area contributed by atoms with Gasteiger partial charge in [-0.15, -0.1) is 0 Å². The molecular weight excluding hydrogens is 200 g/mol. The van der Waals surface area contributed by atoms with Gasteiger partial charge in [0, 0.05) is 6.54 Å². The Labute approximate surface area is 87.5 Å². The van der Waals surface area contributed by atoms with Gasteiger partial charge in [0.05, 0.1) is 6.04 Å². The molecule has 0 rings (SSSR count). The van der Waals surface area contributed by atoms with Crippen molar-refractivity contribution in [2.75, 3.05) is 6.54 Å². The summed E-state index contributed by atoms with van der Waals surface area (Å²) in [4.78, 5) is 24.0. The lowest BCUT2D eigenvalue weighted by molar-refractivity contribution is -0.115. The summed E-state index contributed by atoms with van der Waals surface area (Å²) in [5.41, 5.74) is 10.7. The summed E-state index contributed by atoms with van der Waals surface area (Å²) in [7, 11) is 0. The molecule has 7 heteroatoms. The molecule has 0 aliphatic heterocycles. The van der Waals surface area contributed by atoms with Gasteiger partial charge >= 0.3 is 0 Å². The van der Waals surface area contributed by atoms with Crippen molar-refractivity contribution >= 4 is 18.5 Å². The second-order valence-corrected chi connectivity index (χ2v) is 2.93. The van der Waals surface area contributed by atoms with E-state index in [1.165, 1.54) is 0 Å². The first-order valence-corrected chi connectivity index (χ1v) is 4.51. The zero-order valence-electron chi connectivity index (χ0n) is 8.30. The lowest BCUT2D eigenvalue weighted by Gasteiger charge is -2.06. The lowest BCUT2D eigenvalue weighted by atomic mass is 10.2. The van der Waals surface area contributed by atoms with Crippen LogP contribution >= 0.6 is 0 Å². The molecule has 0 radical (unpaired) electrons. The van der Waals surface area contributed by atoms with Crippen LogP contribution in [0.5, 0.6) is 0 Å². The Morgan fingerprint density at radius 3 is 2.67 bits per heavy atom. The van der Waals surface area contributed by atoms with Crippen molar-refractivity contribution in [2.24, 2.45) is 16.5 Å². The van der Waals surface area contributed by atoms with E-state index in [1.807, 2.05) is 0 Å². The van der Waals surface area contributed by atoms with Gasteiger partial charge in [-0.2, -0.15) is 0 Å². The van der Waals surface area contributed by atoms with Crippen molar-refractivity contribution < 1.29 is 14.7 Å². The third-order valence-corrected chi connectivity index (χ3v) is 1.58. The normalized spacial score (nSPS) is 15.5. The maximum absolute atomic E-state index is 10.1. The quantitative estimate of drug-likeness (QED) is 0.125. The van der Waals surface area contributed by atoms with Crippen LogP contribution in [0.15, 0.2) is 4.99 Å². The molecule has 0 amide bonds. The average molecular weight is 216 g/mol. The Bertz CT molecular complexity index is 232. The highest BCUT2D eigenvalue weighted by Gasteiger charge is 2.01. The molecule has 0 aromatic carbocycles. The number of aldehydes is 2. The van der Waals surface area contributed by atoms with Crippen molar-refractivity contribution in [1.82, 2.24) is 5.32 Å². The number of aliphatic hydroxyl groups excluding tert-OH is 1. The van der Waals surface area contributed by atoms with E-state index in [-0.39, 0.29) is 5.96 Å². The molecule has 0 aromatic rings. The van der Waals surface area contributed by atoms with Gasteiger partial charge in [0.1, 0.15) is 6.29 Å². The molecular formula is C8H16N4O3. The van der Waals surface area contributed by atoms with Crippen molar-refractivity contribution in [3.05, 3.63) is 0 Å².